The first-order chi connectivity index (χ1) is 14.1. The summed E-state index contributed by atoms with van der Waals surface area (Å²) in [6.07, 6.45) is 19.6. The Morgan fingerprint density at radius 2 is 1.48 bits per heavy atom. The SMILES string of the molecule is CCCCCCCCCC(CCCCCC)c1cc(OC)ccc1/C=C/C(=O)O. The fourth-order valence-electron chi connectivity index (χ4n) is 3.97. The van der Waals surface area contributed by atoms with Crippen molar-refractivity contribution in [1.29, 1.82) is 0 Å². The number of hydrogen-bond donors (Lipinski definition) is 1. The highest BCUT2D eigenvalue weighted by atomic mass is 16.5. The summed E-state index contributed by atoms with van der Waals surface area (Å²) in [6, 6.07) is 6.04. The molecular weight excluding hydrogens is 360 g/mol. The molecule has 0 aliphatic rings. The average Bonchev–Trinajstić information content (AvgIpc) is 2.73. The number of ether oxygens (including phenoxy) is 1. The standard InChI is InChI=1S/C26H42O3/c1-4-6-8-10-11-12-14-16-22(15-13-9-7-5-2)25-21-24(29-3)19-17-23(25)18-20-26(27)28/h17-22H,4-16H2,1-3H3,(H,27,28)/b20-18+. The van der Waals surface area contributed by atoms with Crippen molar-refractivity contribution < 1.29 is 14.6 Å². The minimum absolute atomic E-state index is 0.464. The molecule has 0 radical (unpaired) electrons. The third-order valence-corrected chi connectivity index (χ3v) is 5.70. The van der Waals surface area contributed by atoms with Crippen LogP contribution in [0.4, 0.5) is 0 Å². The number of methoxy groups -OCH3 is 1. The molecule has 0 saturated carbocycles. The minimum Gasteiger partial charge on any atom is -0.497 e. The molecule has 29 heavy (non-hydrogen) atoms. The van der Waals surface area contributed by atoms with E-state index in [9.17, 15) is 4.79 Å². The van der Waals surface area contributed by atoms with E-state index in [0.717, 1.165) is 17.7 Å². The molecule has 164 valence electrons. The topological polar surface area (TPSA) is 46.5 Å². The summed E-state index contributed by atoms with van der Waals surface area (Å²) in [5.41, 5.74) is 2.25. The van der Waals surface area contributed by atoms with E-state index in [-0.39, 0.29) is 0 Å². The number of carboxylic acids is 1. The molecule has 0 amide bonds. The maximum atomic E-state index is 11.0. The van der Waals surface area contributed by atoms with Crippen LogP contribution in [0.1, 0.15) is 114 Å². The van der Waals surface area contributed by atoms with Crippen LogP contribution >= 0.6 is 0 Å². The summed E-state index contributed by atoms with van der Waals surface area (Å²) < 4.78 is 5.47. The Balaban J connectivity index is 2.84. The van der Waals surface area contributed by atoms with Crippen molar-refractivity contribution in [2.75, 3.05) is 7.11 Å². The third kappa shape index (κ3) is 11.1. The first kappa shape index (κ1) is 25.3. The van der Waals surface area contributed by atoms with Gasteiger partial charge in [0.05, 0.1) is 7.11 Å². The monoisotopic (exact) mass is 402 g/mol. The van der Waals surface area contributed by atoms with Crippen LogP contribution in [-0.4, -0.2) is 18.2 Å². The second kappa shape index (κ2) is 16.1. The number of aliphatic carboxylic acids is 1. The van der Waals surface area contributed by atoms with Crippen LogP contribution in [0.3, 0.4) is 0 Å². The minimum atomic E-state index is -0.904. The highest BCUT2D eigenvalue weighted by Crippen LogP contribution is 2.34. The van der Waals surface area contributed by atoms with Gasteiger partial charge in [0, 0.05) is 6.08 Å². The van der Waals surface area contributed by atoms with E-state index >= 15 is 0 Å². The van der Waals surface area contributed by atoms with Crippen LogP contribution in [0.5, 0.6) is 5.75 Å². The van der Waals surface area contributed by atoms with Crippen molar-refractivity contribution in [2.45, 2.75) is 103 Å². The van der Waals surface area contributed by atoms with Crippen LogP contribution < -0.4 is 4.74 Å². The van der Waals surface area contributed by atoms with Crippen molar-refractivity contribution in [3.63, 3.8) is 0 Å². The summed E-state index contributed by atoms with van der Waals surface area (Å²) in [4.78, 5) is 11.0. The Morgan fingerprint density at radius 3 is 2.03 bits per heavy atom. The molecule has 3 nitrogen and oxygen atoms in total. The molecule has 0 fully saturated rings. The lowest BCUT2D eigenvalue weighted by Crippen LogP contribution is -2.03. The second-order valence-corrected chi connectivity index (χ2v) is 8.12. The van der Waals surface area contributed by atoms with Crippen molar-refractivity contribution in [3.05, 3.63) is 35.4 Å². The predicted molar refractivity (Wildman–Crippen MR) is 124 cm³/mol. The van der Waals surface area contributed by atoms with Gasteiger partial charge in [-0.3, -0.25) is 0 Å². The molecule has 1 aromatic carbocycles. The van der Waals surface area contributed by atoms with Gasteiger partial charge >= 0.3 is 5.97 Å². The molecule has 0 heterocycles. The molecule has 1 rings (SSSR count). The molecule has 0 spiro atoms. The zero-order valence-corrected chi connectivity index (χ0v) is 18.9. The Morgan fingerprint density at radius 1 is 0.931 bits per heavy atom. The first-order valence-corrected chi connectivity index (χ1v) is 11.7. The van der Waals surface area contributed by atoms with Crippen molar-refractivity contribution in [2.24, 2.45) is 0 Å². The fraction of sp³-hybridized carbons (Fsp3) is 0.654. The van der Waals surface area contributed by atoms with Gasteiger partial charge in [-0.2, -0.15) is 0 Å². The smallest absolute Gasteiger partial charge is 0.328 e. The molecule has 1 unspecified atom stereocenters. The van der Waals surface area contributed by atoms with E-state index in [1.807, 2.05) is 12.1 Å². The molecule has 0 aliphatic carbocycles. The highest BCUT2D eigenvalue weighted by molar-refractivity contribution is 5.85. The number of unbranched alkanes of at least 4 members (excludes halogenated alkanes) is 9. The van der Waals surface area contributed by atoms with E-state index in [4.69, 9.17) is 9.84 Å². The Labute approximate surface area is 178 Å². The molecule has 1 N–H and O–H groups in total. The van der Waals surface area contributed by atoms with Gasteiger partial charge in [0.15, 0.2) is 0 Å². The maximum Gasteiger partial charge on any atom is 0.328 e. The van der Waals surface area contributed by atoms with Crippen LogP contribution in [0, 0.1) is 0 Å². The lowest BCUT2D eigenvalue weighted by Gasteiger charge is -2.21. The molecule has 0 bridgehead atoms. The van der Waals surface area contributed by atoms with Crippen molar-refractivity contribution in [3.8, 4) is 5.75 Å². The van der Waals surface area contributed by atoms with E-state index in [0.29, 0.717) is 5.92 Å². The normalized spacial score (nSPS) is 12.4. The Kier molecular flexibility index (Phi) is 14.0. The first-order valence-electron chi connectivity index (χ1n) is 11.7. The predicted octanol–water partition coefficient (Wildman–Crippen LogP) is 7.99. The summed E-state index contributed by atoms with van der Waals surface area (Å²) in [5, 5.41) is 9.06. The summed E-state index contributed by atoms with van der Waals surface area (Å²) in [7, 11) is 1.69. The van der Waals surface area contributed by atoms with Gasteiger partial charge in [0.2, 0.25) is 0 Å². The Bertz CT molecular complexity index is 592. The maximum absolute atomic E-state index is 11.0. The van der Waals surface area contributed by atoms with Gasteiger partial charge in [-0.1, -0.05) is 90.5 Å². The number of benzene rings is 1. The van der Waals surface area contributed by atoms with Gasteiger partial charge in [-0.25, -0.2) is 4.79 Å². The van der Waals surface area contributed by atoms with E-state index in [2.05, 4.69) is 19.9 Å². The summed E-state index contributed by atoms with van der Waals surface area (Å²) in [5.74, 6) is 0.412. The van der Waals surface area contributed by atoms with Gasteiger partial charge < -0.3 is 9.84 Å². The Hall–Kier alpha value is -1.77. The highest BCUT2D eigenvalue weighted by Gasteiger charge is 2.16. The van der Waals surface area contributed by atoms with Crippen LogP contribution in [0.2, 0.25) is 0 Å². The molecule has 3 heteroatoms. The van der Waals surface area contributed by atoms with Gasteiger partial charge in [-0.05, 0) is 48.1 Å². The number of rotatable bonds is 17. The molecule has 1 aromatic rings. The van der Waals surface area contributed by atoms with Gasteiger partial charge in [0.25, 0.3) is 0 Å². The second-order valence-electron chi connectivity index (χ2n) is 8.12. The van der Waals surface area contributed by atoms with Crippen LogP contribution in [-0.2, 0) is 4.79 Å². The quantitative estimate of drug-likeness (QED) is 0.212. The summed E-state index contributed by atoms with van der Waals surface area (Å²) in [6.45, 7) is 4.50. The number of carbonyl (C=O) groups is 1. The lowest BCUT2D eigenvalue weighted by molar-refractivity contribution is -0.131. The van der Waals surface area contributed by atoms with Gasteiger partial charge in [-0.15, -0.1) is 0 Å². The van der Waals surface area contributed by atoms with Crippen LogP contribution in [0.25, 0.3) is 6.08 Å². The average molecular weight is 403 g/mol. The fourth-order valence-corrected chi connectivity index (χ4v) is 3.97. The number of hydrogen-bond acceptors (Lipinski definition) is 2. The van der Waals surface area contributed by atoms with Crippen molar-refractivity contribution in [1.82, 2.24) is 0 Å². The molecular formula is C26H42O3. The van der Waals surface area contributed by atoms with Crippen LogP contribution in [0.15, 0.2) is 24.3 Å². The molecule has 0 saturated heterocycles. The molecule has 0 aromatic heterocycles. The third-order valence-electron chi connectivity index (χ3n) is 5.70. The molecule has 0 aliphatic heterocycles. The molecule has 1 atom stereocenters. The van der Waals surface area contributed by atoms with E-state index in [1.54, 1.807) is 13.2 Å². The zero-order chi connectivity index (χ0) is 21.3. The largest absolute Gasteiger partial charge is 0.497 e. The van der Waals surface area contributed by atoms with Gasteiger partial charge in [0.1, 0.15) is 5.75 Å². The lowest BCUT2D eigenvalue weighted by atomic mass is 9.85. The number of carboxylic acid groups (broad SMARTS) is 1. The van der Waals surface area contributed by atoms with E-state index in [1.165, 1.54) is 88.7 Å². The van der Waals surface area contributed by atoms with Crippen molar-refractivity contribution >= 4 is 12.0 Å². The zero-order valence-electron chi connectivity index (χ0n) is 18.9. The van der Waals surface area contributed by atoms with E-state index < -0.39 is 5.97 Å². The summed E-state index contributed by atoms with van der Waals surface area (Å²) >= 11 is 0.